The molecule has 2 rings (SSSR count). The second kappa shape index (κ2) is 6.46. The number of hydrogen-bond acceptors (Lipinski definition) is 3. The number of halogens is 1. The maximum Gasteiger partial charge on any atom is 0.128 e. The summed E-state index contributed by atoms with van der Waals surface area (Å²) in [5, 5.41) is 0. The Morgan fingerprint density at radius 1 is 1.11 bits per heavy atom. The highest BCUT2D eigenvalue weighted by molar-refractivity contribution is 5.21. The molecule has 106 valence electrons. The lowest BCUT2D eigenvalue weighted by molar-refractivity contribution is 0.0791. The molecule has 1 heterocycles. The maximum absolute atomic E-state index is 13.9. The van der Waals surface area contributed by atoms with Gasteiger partial charge in [-0.3, -0.25) is 9.80 Å². The number of benzene rings is 1. The van der Waals surface area contributed by atoms with Crippen molar-refractivity contribution in [2.75, 3.05) is 32.7 Å². The highest BCUT2D eigenvalue weighted by Crippen LogP contribution is 2.23. The summed E-state index contributed by atoms with van der Waals surface area (Å²) in [4.78, 5) is 4.75. The third-order valence-corrected chi connectivity index (χ3v) is 4.01. The molecule has 0 bridgehead atoms. The van der Waals surface area contributed by atoms with Gasteiger partial charge in [0, 0.05) is 44.3 Å². The summed E-state index contributed by atoms with van der Waals surface area (Å²) < 4.78 is 13.9. The second-order valence-electron chi connectivity index (χ2n) is 5.44. The fourth-order valence-corrected chi connectivity index (χ4v) is 2.78. The molecule has 1 aromatic rings. The van der Waals surface area contributed by atoms with Crippen LogP contribution in [0.5, 0.6) is 0 Å². The van der Waals surface area contributed by atoms with Crippen LogP contribution >= 0.6 is 0 Å². The van der Waals surface area contributed by atoms with E-state index in [1.807, 2.05) is 12.1 Å². The van der Waals surface area contributed by atoms with Crippen molar-refractivity contribution in [2.24, 2.45) is 5.73 Å². The van der Waals surface area contributed by atoms with Gasteiger partial charge < -0.3 is 5.73 Å². The molecule has 0 saturated carbocycles. The van der Waals surface area contributed by atoms with Gasteiger partial charge >= 0.3 is 0 Å². The van der Waals surface area contributed by atoms with Crippen LogP contribution < -0.4 is 5.73 Å². The molecule has 1 aromatic carbocycles. The van der Waals surface area contributed by atoms with Gasteiger partial charge in [-0.1, -0.05) is 18.2 Å². The molecule has 0 radical (unpaired) electrons. The van der Waals surface area contributed by atoms with Crippen LogP contribution in [0, 0.1) is 5.82 Å². The molecule has 1 fully saturated rings. The van der Waals surface area contributed by atoms with E-state index < -0.39 is 0 Å². The number of rotatable bonds is 4. The summed E-state index contributed by atoms with van der Waals surface area (Å²) in [6, 6.07) is 7.54. The highest BCUT2D eigenvalue weighted by Gasteiger charge is 2.26. The lowest BCUT2D eigenvalue weighted by Gasteiger charge is -2.40. The van der Waals surface area contributed by atoms with Gasteiger partial charge in [0.25, 0.3) is 0 Å². The summed E-state index contributed by atoms with van der Waals surface area (Å²) in [5.41, 5.74) is 6.60. The first-order valence-electron chi connectivity index (χ1n) is 7.06. The lowest BCUT2D eigenvalue weighted by Crippen LogP contribution is -2.51. The van der Waals surface area contributed by atoms with Gasteiger partial charge in [0.05, 0.1) is 6.04 Å². The van der Waals surface area contributed by atoms with E-state index in [1.165, 1.54) is 6.07 Å². The van der Waals surface area contributed by atoms with Crippen LogP contribution in [-0.4, -0.2) is 48.6 Å². The van der Waals surface area contributed by atoms with Crippen LogP contribution in [0.2, 0.25) is 0 Å². The summed E-state index contributed by atoms with van der Waals surface area (Å²) in [6.07, 6.45) is 0. The van der Waals surface area contributed by atoms with Gasteiger partial charge in [-0.15, -0.1) is 0 Å². The standard InChI is InChI=1S/C15H24FN3/c1-12(2)18-7-9-19(10-8-18)15(11-17)13-5-3-4-6-14(13)16/h3-6,12,15H,7-11,17H2,1-2H3. The molecular formula is C15H24FN3. The van der Waals surface area contributed by atoms with Crippen LogP contribution in [0.15, 0.2) is 24.3 Å². The minimum Gasteiger partial charge on any atom is -0.329 e. The predicted molar refractivity (Wildman–Crippen MR) is 76.5 cm³/mol. The topological polar surface area (TPSA) is 32.5 Å². The van der Waals surface area contributed by atoms with Crippen molar-refractivity contribution in [3.05, 3.63) is 35.6 Å². The zero-order chi connectivity index (χ0) is 13.8. The SMILES string of the molecule is CC(C)N1CCN(C(CN)c2ccccc2F)CC1. The first kappa shape index (κ1) is 14.4. The first-order chi connectivity index (χ1) is 9.13. The van der Waals surface area contributed by atoms with Crippen molar-refractivity contribution < 1.29 is 4.39 Å². The van der Waals surface area contributed by atoms with E-state index in [9.17, 15) is 4.39 Å². The Hall–Kier alpha value is -0.970. The van der Waals surface area contributed by atoms with E-state index in [-0.39, 0.29) is 11.9 Å². The molecule has 19 heavy (non-hydrogen) atoms. The van der Waals surface area contributed by atoms with E-state index in [1.54, 1.807) is 6.07 Å². The van der Waals surface area contributed by atoms with Gasteiger partial charge in [-0.2, -0.15) is 0 Å². The molecule has 0 amide bonds. The van der Waals surface area contributed by atoms with E-state index in [0.717, 1.165) is 31.7 Å². The van der Waals surface area contributed by atoms with E-state index in [0.29, 0.717) is 12.6 Å². The smallest absolute Gasteiger partial charge is 0.128 e. The van der Waals surface area contributed by atoms with Gasteiger partial charge in [0.2, 0.25) is 0 Å². The first-order valence-corrected chi connectivity index (χ1v) is 7.06. The fourth-order valence-electron chi connectivity index (χ4n) is 2.78. The Kier molecular flexibility index (Phi) is 4.91. The molecule has 1 unspecified atom stereocenters. The summed E-state index contributed by atoms with van der Waals surface area (Å²) in [6.45, 7) is 8.86. The molecule has 0 aliphatic carbocycles. The van der Waals surface area contributed by atoms with Crippen molar-refractivity contribution in [2.45, 2.75) is 25.9 Å². The monoisotopic (exact) mass is 265 g/mol. The fraction of sp³-hybridized carbons (Fsp3) is 0.600. The quantitative estimate of drug-likeness (QED) is 0.902. The third kappa shape index (κ3) is 3.32. The molecular weight excluding hydrogens is 241 g/mol. The Morgan fingerprint density at radius 3 is 2.21 bits per heavy atom. The van der Waals surface area contributed by atoms with Gasteiger partial charge in [0.15, 0.2) is 0 Å². The van der Waals surface area contributed by atoms with E-state index in [2.05, 4.69) is 23.6 Å². The Bertz CT molecular complexity index is 400. The highest BCUT2D eigenvalue weighted by atomic mass is 19.1. The van der Waals surface area contributed by atoms with Crippen LogP contribution in [-0.2, 0) is 0 Å². The minimum absolute atomic E-state index is 0.00416. The van der Waals surface area contributed by atoms with Crippen molar-refractivity contribution in [3.8, 4) is 0 Å². The van der Waals surface area contributed by atoms with E-state index >= 15 is 0 Å². The molecule has 0 aromatic heterocycles. The Balaban J connectivity index is 2.06. The number of nitrogens with zero attached hydrogens (tertiary/aromatic N) is 2. The van der Waals surface area contributed by atoms with Gasteiger partial charge in [-0.05, 0) is 19.9 Å². The van der Waals surface area contributed by atoms with Crippen LogP contribution in [0.4, 0.5) is 4.39 Å². The van der Waals surface area contributed by atoms with Crippen molar-refractivity contribution in [1.82, 2.24) is 9.80 Å². The average Bonchev–Trinajstić information content (AvgIpc) is 2.42. The summed E-state index contributed by atoms with van der Waals surface area (Å²) in [7, 11) is 0. The van der Waals surface area contributed by atoms with Crippen LogP contribution in [0.1, 0.15) is 25.5 Å². The van der Waals surface area contributed by atoms with Crippen molar-refractivity contribution in [3.63, 3.8) is 0 Å². The second-order valence-corrected chi connectivity index (χ2v) is 5.44. The summed E-state index contributed by atoms with van der Waals surface area (Å²) in [5.74, 6) is -0.149. The number of hydrogen-bond donors (Lipinski definition) is 1. The predicted octanol–water partition coefficient (Wildman–Crippen LogP) is 1.85. The molecule has 1 aliphatic heterocycles. The third-order valence-electron chi connectivity index (χ3n) is 4.01. The summed E-state index contributed by atoms with van der Waals surface area (Å²) >= 11 is 0. The molecule has 1 saturated heterocycles. The molecule has 0 spiro atoms. The van der Waals surface area contributed by atoms with E-state index in [4.69, 9.17) is 5.73 Å². The van der Waals surface area contributed by atoms with Crippen molar-refractivity contribution >= 4 is 0 Å². The number of piperazine rings is 1. The zero-order valence-electron chi connectivity index (χ0n) is 11.8. The molecule has 1 aliphatic rings. The molecule has 2 N–H and O–H groups in total. The number of nitrogens with two attached hydrogens (primary N) is 1. The van der Waals surface area contributed by atoms with Crippen LogP contribution in [0.25, 0.3) is 0 Å². The molecule has 3 nitrogen and oxygen atoms in total. The Morgan fingerprint density at radius 2 is 1.68 bits per heavy atom. The molecule has 1 atom stereocenters. The van der Waals surface area contributed by atoms with Crippen LogP contribution in [0.3, 0.4) is 0 Å². The normalized spacial score (nSPS) is 19.8. The average molecular weight is 265 g/mol. The maximum atomic E-state index is 13.9. The molecule has 4 heteroatoms. The van der Waals surface area contributed by atoms with Gasteiger partial charge in [-0.25, -0.2) is 4.39 Å². The lowest BCUT2D eigenvalue weighted by atomic mass is 10.0. The largest absolute Gasteiger partial charge is 0.329 e. The zero-order valence-corrected chi connectivity index (χ0v) is 11.8. The van der Waals surface area contributed by atoms with Crippen molar-refractivity contribution in [1.29, 1.82) is 0 Å². The van der Waals surface area contributed by atoms with Gasteiger partial charge in [0.1, 0.15) is 5.82 Å². The minimum atomic E-state index is -0.149. The Labute approximate surface area is 115 Å².